The highest BCUT2D eigenvalue weighted by Gasteiger charge is 2.24. The van der Waals surface area contributed by atoms with Crippen molar-refractivity contribution in [3.63, 3.8) is 0 Å². The van der Waals surface area contributed by atoms with Crippen molar-refractivity contribution < 1.29 is 4.79 Å². The quantitative estimate of drug-likeness (QED) is 0.881. The first-order valence-corrected chi connectivity index (χ1v) is 10.1. The van der Waals surface area contributed by atoms with Crippen molar-refractivity contribution in [1.82, 2.24) is 15.1 Å². The third-order valence-electron chi connectivity index (χ3n) is 5.84. The molecule has 4 nitrogen and oxygen atoms in total. The molecular weight excluding hydrogens is 334 g/mol. The number of hydrogen-bond donors (Lipinski definition) is 1. The predicted molar refractivity (Wildman–Crippen MR) is 109 cm³/mol. The summed E-state index contributed by atoms with van der Waals surface area (Å²) in [5.41, 5.74) is 5.31. The summed E-state index contributed by atoms with van der Waals surface area (Å²) in [6, 6.07) is 17.2. The number of carbonyl (C=O) groups is 1. The number of benzene rings is 2. The molecule has 0 aromatic heterocycles. The van der Waals surface area contributed by atoms with E-state index in [-0.39, 0.29) is 12.1 Å². The number of likely N-dealkylation sites (tertiary alicyclic amines) is 1. The highest BCUT2D eigenvalue weighted by atomic mass is 16.2. The van der Waals surface area contributed by atoms with Gasteiger partial charge < -0.3 is 10.2 Å². The first kappa shape index (κ1) is 18.1. The first-order chi connectivity index (χ1) is 13.2. The van der Waals surface area contributed by atoms with Gasteiger partial charge in [0.25, 0.3) is 0 Å². The average molecular weight is 364 g/mol. The zero-order chi connectivity index (χ0) is 18.6. The third-order valence-corrected chi connectivity index (χ3v) is 5.84. The van der Waals surface area contributed by atoms with E-state index in [2.05, 4.69) is 58.7 Å². The number of urea groups is 1. The molecule has 2 amide bonds. The van der Waals surface area contributed by atoms with Crippen LogP contribution in [-0.4, -0.2) is 42.0 Å². The Balaban J connectivity index is 1.35. The van der Waals surface area contributed by atoms with Crippen molar-refractivity contribution in [1.29, 1.82) is 0 Å². The molecule has 142 valence electrons. The molecule has 0 bridgehead atoms. The smallest absolute Gasteiger partial charge is 0.317 e. The van der Waals surface area contributed by atoms with Crippen LogP contribution in [0, 0.1) is 0 Å². The molecule has 4 rings (SSSR count). The Bertz CT molecular complexity index is 773. The predicted octanol–water partition coefficient (Wildman–Crippen LogP) is 3.59. The summed E-state index contributed by atoms with van der Waals surface area (Å²) in [6.07, 6.45) is 4.46. The maximum absolute atomic E-state index is 12.7. The van der Waals surface area contributed by atoms with Gasteiger partial charge in [0.2, 0.25) is 0 Å². The SMILES string of the molecule is CN(Cc1ccccc1CN1CCCC1)C(=O)NC1Cc2ccccc2C1. The number of hydrogen-bond acceptors (Lipinski definition) is 2. The van der Waals surface area contributed by atoms with Gasteiger partial charge in [-0.05, 0) is 61.0 Å². The van der Waals surface area contributed by atoms with Crippen LogP contribution in [0.2, 0.25) is 0 Å². The van der Waals surface area contributed by atoms with Crippen LogP contribution in [0.25, 0.3) is 0 Å². The van der Waals surface area contributed by atoms with E-state index in [1.807, 2.05) is 11.9 Å². The molecule has 1 saturated heterocycles. The summed E-state index contributed by atoms with van der Waals surface area (Å²) in [4.78, 5) is 17.0. The van der Waals surface area contributed by atoms with Crippen molar-refractivity contribution in [3.05, 3.63) is 70.8 Å². The summed E-state index contributed by atoms with van der Waals surface area (Å²) in [7, 11) is 1.89. The number of rotatable bonds is 5. The zero-order valence-electron chi connectivity index (χ0n) is 16.2. The van der Waals surface area contributed by atoms with Crippen LogP contribution in [0.15, 0.2) is 48.5 Å². The molecule has 0 spiro atoms. The van der Waals surface area contributed by atoms with Crippen LogP contribution in [-0.2, 0) is 25.9 Å². The Labute approximate surface area is 162 Å². The topological polar surface area (TPSA) is 35.6 Å². The average Bonchev–Trinajstić information content (AvgIpc) is 3.32. The molecular formula is C23H29N3O. The lowest BCUT2D eigenvalue weighted by Gasteiger charge is -2.23. The van der Waals surface area contributed by atoms with Crippen molar-refractivity contribution in [3.8, 4) is 0 Å². The Morgan fingerprint density at radius 3 is 2.26 bits per heavy atom. The Kier molecular flexibility index (Phi) is 5.44. The standard InChI is InChI=1S/C23H29N3O/c1-25(23(27)24-22-14-18-8-2-3-9-19(18)15-22)16-20-10-4-5-11-21(20)17-26-12-6-7-13-26/h2-5,8-11,22H,6-7,12-17H2,1H3,(H,24,27). The number of fused-ring (bicyclic) bond motifs is 1. The molecule has 2 aromatic carbocycles. The first-order valence-electron chi connectivity index (χ1n) is 10.1. The second-order valence-electron chi connectivity index (χ2n) is 7.93. The van der Waals surface area contributed by atoms with Gasteiger partial charge in [-0.3, -0.25) is 4.90 Å². The molecule has 1 N–H and O–H groups in total. The lowest BCUT2D eigenvalue weighted by Crippen LogP contribution is -2.43. The van der Waals surface area contributed by atoms with Gasteiger partial charge in [0.15, 0.2) is 0 Å². The molecule has 1 heterocycles. The maximum atomic E-state index is 12.7. The van der Waals surface area contributed by atoms with Crippen LogP contribution in [0.4, 0.5) is 4.79 Å². The van der Waals surface area contributed by atoms with Gasteiger partial charge in [-0.2, -0.15) is 0 Å². The minimum Gasteiger partial charge on any atom is -0.335 e. The summed E-state index contributed by atoms with van der Waals surface area (Å²) in [6.45, 7) is 4.01. The normalized spacial score (nSPS) is 17.1. The van der Waals surface area contributed by atoms with Crippen LogP contribution < -0.4 is 5.32 Å². The van der Waals surface area contributed by atoms with Crippen LogP contribution >= 0.6 is 0 Å². The second kappa shape index (κ2) is 8.13. The van der Waals surface area contributed by atoms with E-state index in [9.17, 15) is 4.79 Å². The molecule has 1 aliphatic carbocycles. The van der Waals surface area contributed by atoms with Gasteiger partial charge in [-0.15, -0.1) is 0 Å². The van der Waals surface area contributed by atoms with E-state index < -0.39 is 0 Å². The third kappa shape index (κ3) is 4.33. The van der Waals surface area contributed by atoms with E-state index >= 15 is 0 Å². The van der Waals surface area contributed by atoms with E-state index in [0.29, 0.717) is 6.54 Å². The summed E-state index contributed by atoms with van der Waals surface area (Å²) in [5, 5.41) is 3.21. The number of carbonyl (C=O) groups excluding carboxylic acids is 1. The van der Waals surface area contributed by atoms with Crippen molar-refractivity contribution in [2.45, 2.75) is 44.8 Å². The highest BCUT2D eigenvalue weighted by molar-refractivity contribution is 5.74. The molecule has 1 aliphatic heterocycles. The lowest BCUT2D eigenvalue weighted by molar-refractivity contribution is 0.202. The minimum absolute atomic E-state index is 0.0174. The van der Waals surface area contributed by atoms with Gasteiger partial charge >= 0.3 is 6.03 Å². The zero-order valence-corrected chi connectivity index (χ0v) is 16.2. The molecule has 1 fully saturated rings. The summed E-state index contributed by atoms with van der Waals surface area (Å²) in [5.74, 6) is 0. The molecule has 0 radical (unpaired) electrons. The fourth-order valence-corrected chi connectivity index (χ4v) is 4.32. The minimum atomic E-state index is 0.0174. The molecule has 4 heteroatoms. The van der Waals surface area contributed by atoms with E-state index in [1.165, 1.54) is 48.2 Å². The van der Waals surface area contributed by atoms with Gasteiger partial charge in [-0.25, -0.2) is 4.79 Å². The van der Waals surface area contributed by atoms with E-state index in [1.54, 1.807) is 0 Å². The van der Waals surface area contributed by atoms with Gasteiger partial charge in [0, 0.05) is 26.2 Å². The molecule has 2 aliphatic rings. The largest absolute Gasteiger partial charge is 0.335 e. The molecule has 0 unspecified atom stereocenters. The number of nitrogens with one attached hydrogen (secondary N) is 1. The lowest BCUT2D eigenvalue weighted by atomic mass is 10.1. The van der Waals surface area contributed by atoms with Gasteiger partial charge in [0.1, 0.15) is 0 Å². The Morgan fingerprint density at radius 1 is 1.00 bits per heavy atom. The molecule has 0 saturated carbocycles. The maximum Gasteiger partial charge on any atom is 0.317 e. The monoisotopic (exact) mass is 363 g/mol. The number of nitrogens with zero attached hydrogens (tertiary/aromatic N) is 2. The molecule has 27 heavy (non-hydrogen) atoms. The van der Waals surface area contributed by atoms with Gasteiger partial charge in [0.05, 0.1) is 0 Å². The number of amides is 2. The van der Waals surface area contributed by atoms with Crippen molar-refractivity contribution in [2.75, 3.05) is 20.1 Å². The molecule has 2 aromatic rings. The van der Waals surface area contributed by atoms with E-state index in [4.69, 9.17) is 0 Å². The van der Waals surface area contributed by atoms with Crippen LogP contribution in [0.5, 0.6) is 0 Å². The highest BCUT2D eigenvalue weighted by Crippen LogP contribution is 2.22. The van der Waals surface area contributed by atoms with Crippen LogP contribution in [0.1, 0.15) is 35.1 Å². The fraction of sp³-hybridized carbons (Fsp3) is 0.435. The van der Waals surface area contributed by atoms with Crippen LogP contribution in [0.3, 0.4) is 0 Å². The summed E-state index contributed by atoms with van der Waals surface area (Å²) >= 11 is 0. The second-order valence-corrected chi connectivity index (χ2v) is 7.93. The Morgan fingerprint density at radius 2 is 1.59 bits per heavy atom. The fourth-order valence-electron chi connectivity index (χ4n) is 4.32. The van der Waals surface area contributed by atoms with Crippen molar-refractivity contribution >= 4 is 6.03 Å². The van der Waals surface area contributed by atoms with E-state index in [0.717, 1.165) is 19.4 Å². The Hall–Kier alpha value is -2.33. The summed E-state index contributed by atoms with van der Waals surface area (Å²) < 4.78 is 0. The molecule has 0 atom stereocenters. The van der Waals surface area contributed by atoms with Gasteiger partial charge in [-0.1, -0.05) is 48.5 Å². The van der Waals surface area contributed by atoms with Crippen molar-refractivity contribution in [2.24, 2.45) is 0 Å².